The van der Waals surface area contributed by atoms with Crippen LogP contribution in [-0.4, -0.2) is 28.0 Å². The first-order chi connectivity index (χ1) is 15.8. The van der Waals surface area contributed by atoms with Crippen molar-refractivity contribution in [3.63, 3.8) is 0 Å². The first kappa shape index (κ1) is 21.6. The van der Waals surface area contributed by atoms with E-state index in [4.69, 9.17) is 4.74 Å². The number of nitrogens with zero attached hydrogens (tertiary/aromatic N) is 2. The van der Waals surface area contributed by atoms with Crippen molar-refractivity contribution in [2.24, 2.45) is 0 Å². The molecule has 1 amide bonds. The fourth-order valence-electron chi connectivity index (χ4n) is 3.48. The molecule has 0 saturated carbocycles. The molecule has 0 fully saturated rings. The minimum atomic E-state index is -0.869. The van der Waals surface area contributed by atoms with Crippen LogP contribution >= 0.6 is 0 Å². The Labute approximate surface area is 185 Å². The van der Waals surface area contributed by atoms with Gasteiger partial charge < -0.3 is 14.6 Å². The third-order valence-electron chi connectivity index (χ3n) is 4.97. The van der Waals surface area contributed by atoms with Crippen molar-refractivity contribution in [1.29, 1.82) is 0 Å². The lowest BCUT2D eigenvalue weighted by Gasteiger charge is -2.14. The summed E-state index contributed by atoms with van der Waals surface area (Å²) in [5.41, 5.74) is 0.0926. The highest BCUT2D eigenvalue weighted by Crippen LogP contribution is 2.21. The SMILES string of the molecule is O=C(COC(=O)Cn1c2ccccc2c(=O)c2ccccc21)Nc1cc([N+](=O)[O-])ccc1F. The number of halogens is 1. The molecular weight excluding hydrogens is 433 g/mol. The van der Waals surface area contributed by atoms with Crippen molar-refractivity contribution >= 4 is 45.1 Å². The van der Waals surface area contributed by atoms with E-state index in [-0.39, 0.29) is 12.0 Å². The van der Waals surface area contributed by atoms with E-state index in [1.807, 2.05) is 0 Å². The molecule has 166 valence electrons. The summed E-state index contributed by atoms with van der Waals surface area (Å²) in [6.07, 6.45) is 0. The molecule has 0 saturated heterocycles. The van der Waals surface area contributed by atoms with Gasteiger partial charge in [0.05, 0.1) is 21.6 Å². The molecule has 33 heavy (non-hydrogen) atoms. The van der Waals surface area contributed by atoms with Crippen LogP contribution in [0.5, 0.6) is 0 Å². The monoisotopic (exact) mass is 449 g/mol. The van der Waals surface area contributed by atoms with Crippen molar-refractivity contribution in [2.45, 2.75) is 6.54 Å². The van der Waals surface area contributed by atoms with Gasteiger partial charge in [0.1, 0.15) is 12.4 Å². The molecule has 4 rings (SSSR count). The summed E-state index contributed by atoms with van der Waals surface area (Å²) >= 11 is 0. The molecule has 1 heterocycles. The van der Waals surface area contributed by atoms with Gasteiger partial charge in [-0.25, -0.2) is 4.39 Å². The number of hydrogen-bond acceptors (Lipinski definition) is 6. The molecule has 9 nitrogen and oxygen atoms in total. The van der Waals surface area contributed by atoms with E-state index in [9.17, 15) is 28.9 Å². The molecule has 4 aromatic rings. The van der Waals surface area contributed by atoms with Gasteiger partial charge in [-0.15, -0.1) is 0 Å². The number of nitrogens with one attached hydrogen (secondary N) is 1. The van der Waals surface area contributed by atoms with Gasteiger partial charge in [0.15, 0.2) is 12.0 Å². The quantitative estimate of drug-likeness (QED) is 0.209. The highest BCUT2D eigenvalue weighted by atomic mass is 19.1. The first-order valence-electron chi connectivity index (χ1n) is 9.75. The summed E-state index contributed by atoms with van der Waals surface area (Å²) in [6.45, 7) is -1.00. The molecule has 0 aliphatic carbocycles. The van der Waals surface area contributed by atoms with E-state index < -0.39 is 40.6 Å². The van der Waals surface area contributed by atoms with Gasteiger partial charge in [-0.2, -0.15) is 0 Å². The van der Waals surface area contributed by atoms with Crippen LogP contribution < -0.4 is 10.7 Å². The third kappa shape index (κ3) is 4.40. The van der Waals surface area contributed by atoms with Gasteiger partial charge in [0.2, 0.25) is 0 Å². The fourth-order valence-corrected chi connectivity index (χ4v) is 3.48. The minimum absolute atomic E-state index is 0.163. The average Bonchev–Trinajstić information content (AvgIpc) is 2.81. The van der Waals surface area contributed by atoms with E-state index >= 15 is 0 Å². The number of para-hydroxylation sites is 2. The lowest BCUT2D eigenvalue weighted by molar-refractivity contribution is -0.384. The molecule has 0 unspecified atom stereocenters. The summed E-state index contributed by atoms with van der Waals surface area (Å²) in [4.78, 5) is 47.4. The van der Waals surface area contributed by atoms with Crippen LogP contribution in [0.2, 0.25) is 0 Å². The molecule has 0 radical (unpaired) electrons. The Bertz CT molecular complexity index is 1420. The summed E-state index contributed by atoms with van der Waals surface area (Å²) in [6, 6.07) is 16.3. The number of benzene rings is 3. The van der Waals surface area contributed by atoms with Crippen LogP contribution in [0.1, 0.15) is 0 Å². The number of esters is 1. The maximum absolute atomic E-state index is 13.8. The van der Waals surface area contributed by atoms with Gasteiger partial charge in [0, 0.05) is 22.9 Å². The Morgan fingerprint density at radius 2 is 1.61 bits per heavy atom. The van der Waals surface area contributed by atoms with Crippen LogP contribution in [0.25, 0.3) is 21.8 Å². The summed E-state index contributed by atoms with van der Waals surface area (Å²) in [5, 5.41) is 13.8. The zero-order valence-corrected chi connectivity index (χ0v) is 17.0. The number of fused-ring (bicyclic) bond motifs is 2. The van der Waals surface area contributed by atoms with Crippen molar-refractivity contribution in [2.75, 3.05) is 11.9 Å². The largest absolute Gasteiger partial charge is 0.454 e. The number of aromatic nitrogens is 1. The lowest BCUT2D eigenvalue weighted by atomic mass is 10.1. The summed E-state index contributed by atoms with van der Waals surface area (Å²) in [7, 11) is 0. The predicted octanol–water partition coefficient (Wildman–Crippen LogP) is 3.38. The first-order valence-corrected chi connectivity index (χ1v) is 9.75. The normalized spacial score (nSPS) is 10.8. The van der Waals surface area contributed by atoms with Gasteiger partial charge in [-0.1, -0.05) is 24.3 Å². The van der Waals surface area contributed by atoms with Crippen LogP contribution in [0, 0.1) is 15.9 Å². The second-order valence-electron chi connectivity index (χ2n) is 7.08. The average molecular weight is 449 g/mol. The second kappa shape index (κ2) is 8.87. The van der Waals surface area contributed by atoms with Gasteiger partial charge in [0.25, 0.3) is 11.6 Å². The molecule has 10 heteroatoms. The van der Waals surface area contributed by atoms with Crippen LogP contribution in [0.4, 0.5) is 15.8 Å². The topological polar surface area (TPSA) is 121 Å². The molecule has 3 aromatic carbocycles. The van der Waals surface area contributed by atoms with E-state index in [2.05, 4.69) is 5.32 Å². The van der Waals surface area contributed by atoms with Gasteiger partial charge in [-0.3, -0.25) is 24.5 Å². The third-order valence-corrected chi connectivity index (χ3v) is 4.97. The van der Waals surface area contributed by atoms with E-state index in [1.54, 1.807) is 53.1 Å². The Kier molecular flexibility index (Phi) is 5.81. The molecule has 1 N–H and O–H groups in total. The molecule has 0 spiro atoms. The Hall–Kier alpha value is -4.60. The standard InChI is InChI=1S/C23H16FN3O6/c24-17-10-9-14(27(31)32)11-18(17)25-21(28)13-33-22(29)12-26-19-7-3-1-5-15(19)23(30)16-6-2-4-8-20(16)26/h1-11H,12-13H2,(H,25,28). The number of hydrogen-bond donors (Lipinski definition) is 1. The van der Waals surface area contributed by atoms with Gasteiger partial charge in [-0.05, 0) is 30.3 Å². The van der Waals surface area contributed by atoms with Crippen LogP contribution in [0.15, 0.2) is 71.5 Å². The molecule has 1 aromatic heterocycles. The highest BCUT2D eigenvalue weighted by Gasteiger charge is 2.16. The number of carbonyl (C=O) groups is 2. The van der Waals surface area contributed by atoms with E-state index in [0.717, 1.165) is 18.2 Å². The van der Waals surface area contributed by atoms with Crippen molar-refractivity contribution in [3.8, 4) is 0 Å². The molecule has 0 bridgehead atoms. The molecule has 0 atom stereocenters. The second-order valence-corrected chi connectivity index (χ2v) is 7.08. The predicted molar refractivity (Wildman–Crippen MR) is 118 cm³/mol. The van der Waals surface area contributed by atoms with Crippen molar-refractivity contribution in [1.82, 2.24) is 4.57 Å². The number of ether oxygens (including phenoxy) is 1. The van der Waals surface area contributed by atoms with Crippen molar-refractivity contribution in [3.05, 3.63) is 92.9 Å². The number of nitro benzene ring substituents is 1. The smallest absolute Gasteiger partial charge is 0.326 e. The Morgan fingerprint density at radius 1 is 1.00 bits per heavy atom. The summed E-state index contributed by atoms with van der Waals surface area (Å²) in [5.74, 6) is -2.49. The fraction of sp³-hybridized carbons (Fsp3) is 0.0870. The number of pyridine rings is 1. The lowest BCUT2D eigenvalue weighted by Crippen LogP contribution is -2.24. The van der Waals surface area contributed by atoms with Crippen molar-refractivity contribution < 1.29 is 23.6 Å². The maximum Gasteiger partial charge on any atom is 0.326 e. The maximum atomic E-state index is 13.8. The zero-order valence-electron chi connectivity index (χ0n) is 17.0. The van der Waals surface area contributed by atoms with E-state index in [0.29, 0.717) is 21.8 Å². The molecule has 0 aliphatic rings. The number of rotatable bonds is 6. The molecule has 0 aliphatic heterocycles. The number of anilines is 1. The number of amides is 1. The Balaban J connectivity index is 1.51. The molecular formula is C23H16FN3O6. The Morgan fingerprint density at radius 3 is 2.21 bits per heavy atom. The number of nitro groups is 1. The van der Waals surface area contributed by atoms with E-state index in [1.165, 1.54) is 0 Å². The van der Waals surface area contributed by atoms with Crippen LogP contribution in [0.3, 0.4) is 0 Å². The van der Waals surface area contributed by atoms with Gasteiger partial charge >= 0.3 is 5.97 Å². The zero-order chi connectivity index (χ0) is 23.5. The highest BCUT2D eigenvalue weighted by molar-refractivity contribution is 5.95. The summed E-state index contributed by atoms with van der Waals surface area (Å²) < 4.78 is 20.5. The number of non-ortho nitro benzene ring substituents is 1. The minimum Gasteiger partial charge on any atom is -0.454 e. The number of carbonyl (C=O) groups excluding carboxylic acids is 2. The van der Waals surface area contributed by atoms with Crippen LogP contribution in [-0.2, 0) is 20.9 Å².